The number of carbonyl (C=O) groups is 2. The molecule has 0 saturated carbocycles. The van der Waals surface area contributed by atoms with Gasteiger partial charge in [0.1, 0.15) is 12.6 Å². The van der Waals surface area contributed by atoms with Crippen LogP contribution in [-0.2, 0) is 26.2 Å². The predicted octanol–water partition coefficient (Wildman–Crippen LogP) is 4.87. The number of sulfonamides is 1. The number of hydrogen-bond acceptors (Lipinski definition) is 4. The van der Waals surface area contributed by atoms with E-state index in [0.717, 1.165) is 16.3 Å². The molecule has 0 aliphatic rings. The van der Waals surface area contributed by atoms with Gasteiger partial charge in [-0.2, -0.15) is 0 Å². The van der Waals surface area contributed by atoms with Crippen LogP contribution >= 0.6 is 11.6 Å². The standard InChI is InChI=1S/C28H32ClN3O4S/c1-4-21(2)30-28(34)22(3)31(19-23-11-7-5-8-12-23)27(33)20-32(25-17-15-24(29)16-18-25)37(35,36)26-13-9-6-10-14-26/h5-18,21-22H,4,19-20H2,1-3H3,(H,30,34)/t21-,22+/m1/s1. The summed E-state index contributed by atoms with van der Waals surface area (Å²) in [5.74, 6) is -0.812. The molecular formula is C28H32ClN3O4S. The summed E-state index contributed by atoms with van der Waals surface area (Å²) >= 11 is 6.04. The normalized spacial score (nSPS) is 12.9. The van der Waals surface area contributed by atoms with Crippen molar-refractivity contribution in [3.63, 3.8) is 0 Å². The maximum absolute atomic E-state index is 13.8. The van der Waals surface area contributed by atoms with Crippen molar-refractivity contribution < 1.29 is 18.0 Å². The molecule has 3 rings (SSSR count). The van der Waals surface area contributed by atoms with E-state index in [2.05, 4.69) is 5.32 Å². The molecule has 9 heteroatoms. The minimum Gasteiger partial charge on any atom is -0.352 e. The van der Waals surface area contributed by atoms with Crippen LogP contribution in [0.2, 0.25) is 5.02 Å². The minimum atomic E-state index is -4.10. The summed E-state index contributed by atoms with van der Waals surface area (Å²) in [7, 11) is -4.10. The van der Waals surface area contributed by atoms with Gasteiger partial charge < -0.3 is 10.2 Å². The summed E-state index contributed by atoms with van der Waals surface area (Å²) in [6.07, 6.45) is 0.741. The van der Waals surface area contributed by atoms with Crippen molar-refractivity contribution in [1.29, 1.82) is 0 Å². The quantitative estimate of drug-likeness (QED) is 0.375. The molecule has 0 aliphatic heterocycles. The van der Waals surface area contributed by atoms with E-state index in [1.165, 1.54) is 17.0 Å². The number of benzene rings is 3. The van der Waals surface area contributed by atoms with Gasteiger partial charge in [-0.1, -0.05) is 67.1 Å². The van der Waals surface area contributed by atoms with Gasteiger partial charge in [0.05, 0.1) is 10.6 Å². The largest absolute Gasteiger partial charge is 0.352 e. The Bertz CT molecular complexity index is 1290. The SMILES string of the molecule is CC[C@@H](C)NC(=O)[C@H](C)N(Cc1ccccc1)C(=O)CN(c1ccc(Cl)cc1)S(=O)(=O)c1ccccc1. The maximum Gasteiger partial charge on any atom is 0.264 e. The number of rotatable bonds is 11. The van der Waals surface area contributed by atoms with Crippen LogP contribution in [0.15, 0.2) is 89.8 Å². The van der Waals surface area contributed by atoms with Gasteiger partial charge in [0, 0.05) is 17.6 Å². The molecule has 0 aromatic heterocycles. The van der Waals surface area contributed by atoms with Crippen molar-refractivity contribution in [2.24, 2.45) is 0 Å². The molecule has 0 fully saturated rings. The van der Waals surface area contributed by atoms with Gasteiger partial charge >= 0.3 is 0 Å². The summed E-state index contributed by atoms with van der Waals surface area (Å²) in [6, 6.07) is 22.6. The zero-order valence-corrected chi connectivity index (χ0v) is 22.7. The Hall–Kier alpha value is -3.36. The average Bonchev–Trinajstić information content (AvgIpc) is 2.91. The van der Waals surface area contributed by atoms with Crippen LogP contribution < -0.4 is 9.62 Å². The summed E-state index contributed by atoms with van der Waals surface area (Å²) in [5, 5.41) is 3.36. The monoisotopic (exact) mass is 541 g/mol. The van der Waals surface area contributed by atoms with E-state index in [9.17, 15) is 18.0 Å². The highest BCUT2D eigenvalue weighted by Gasteiger charge is 2.32. The van der Waals surface area contributed by atoms with E-state index >= 15 is 0 Å². The Labute approximate surface area is 224 Å². The molecule has 37 heavy (non-hydrogen) atoms. The molecule has 0 bridgehead atoms. The van der Waals surface area contributed by atoms with Crippen LogP contribution in [-0.4, -0.2) is 43.8 Å². The highest BCUT2D eigenvalue weighted by Crippen LogP contribution is 2.26. The second-order valence-electron chi connectivity index (χ2n) is 8.80. The third-order valence-electron chi connectivity index (χ3n) is 6.09. The van der Waals surface area contributed by atoms with Crippen molar-refractivity contribution in [3.8, 4) is 0 Å². The van der Waals surface area contributed by atoms with Crippen LogP contribution in [0.1, 0.15) is 32.8 Å². The van der Waals surface area contributed by atoms with Gasteiger partial charge in [-0.3, -0.25) is 13.9 Å². The van der Waals surface area contributed by atoms with Crippen molar-refractivity contribution in [2.75, 3.05) is 10.8 Å². The summed E-state index contributed by atoms with van der Waals surface area (Å²) < 4.78 is 28.4. The molecule has 0 heterocycles. The molecule has 3 aromatic rings. The number of anilines is 1. The Morgan fingerprint density at radius 1 is 0.892 bits per heavy atom. The third-order valence-corrected chi connectivity index (χ3v) is 8.13. The average molecular weight is 542 g/mol. The number of nitrogens with zero attached hydrogens (tertiary/aromatic N) is 2. The first-order chi connectivity index (χ1) is 17.6. The molecule has 2 amide bonds. The Morgan fingerprint density at radius 2 is 1.46 bits per heavy atom. The summed E-state index contributed by atoms with van der Waals surface area (Å²) in [6.45, 7) is 5.15. The summed E-state index contributed by atoms with van der Waals surface area (Å²) in [5.41, 5.74) is 1.11. The number of halogens is 1. The highest BCUT2D eigenvalue weighted by molar-refractivity contribution is 7.92. The molecule has 1 N–H and O–H groups in total. The predicted molar refractivity (Wildman–Crippen MR) is 147 cm³/mol. The van der Waals surface area contributed by atoms with E-state index in [-0.39, 0.29) is 29.1 Å². The maximum atomic E-state index is 13.8. The van der Waals surface area contributed by atoms with Gasteiger partial charge in [-0.15, -0.1) is 0 Å². The van der Waals surface area contributed by atoms with Gasteiger partial charge in [0.2, 0.25) is 11.8 Å². The zero-order chi connectivity index (χ0) is 27.0. The van der Waals surface area contributed by atoms with Crippen molar-refractivity contribution in [1.82, 2.24) is 10.2 Å². The lowest BCUT2D eigenvalue weighted by atomic mass is 10.1. The fourth-order valence-electron chi connectivity index (χ4n) is 3.68. The van der Waals surface area contributed by atoms with Crippen LogP contribution in [0.3, 0.4) is 0 Å². The van der Waals surface area contributed by atoms with Crippen molar-refractivity contribution >= 4 is 39.1 Å². The molecule has 0 unspecified atom stereocenters. The molecule has 3 aromatic carbocycles. The van der Waals surface area contributed by atoms with Crippen molar-refractivity contribution in [3.05, 3.63) is 95.5 Å². The molecular weight excluding hydrogens is 510 g/mol. The second kappa shape index (κ2) is 12.7. The topological polar surface area (TPSA) is 86.8 Å². The summed E-state index contributed by atoms with van der Waals surface area (Å²) in [4.78, 5) is 28.3. The molecule has 7 nitrogen and oxygen atoms in total. The van der Waals surface area contributed by atoms with Crippen LogP contribution in [0.25, 0.3) is 0 Å². The van der Waals surface area contributed by atoms with E-state index in [1.807, 2.05) is 44.2 Å². The smallest absolute Gasteiger partial charge is 0.264 e. The fraction of sp³-hybridized carbons (Fsp3) is 0.286. The first-order valence-corrected chi connectivity index (χ1v) is 13.9. The van der Waals surface area contributed by atoms with Gasteiger partial charge in [0.15, 0.2) is 0 Å². The first-order valence-electron chi connectivity index (χ1n) is 12.1. The van der Waals surface area contributed by atoms with Crippen LogP contribution in [0.4, 0.5) is 5.69 Å². The molecule has 2 atom stereocenters. The third kappa shape index (κ3) is 7.33. The van der Waals surface area contributed by atoms with Gasteiger partial charge in [-0.05, 0) is 62.2 Å². The molecule has 0 radical (unpaired) electrons. The molecule has 196 valence electrons. The lowest BCUT2D eigenvalue weighted by Crippen LogP contribution is -2.52. The van der Waals surface area contributed by atoms with Gasteiger partial charge in [-0.25, -0.2) is 8.42 Å². The molecule has 0 aliphatic carbocycles. The lowest BCUT2D eigenvalue weighted by molar-refractivity contribution is -0.139. The minimum absolute atomic E-state index is 0.0509. The molecule has 0 saturated heterocycles. The second-order valence-corrected chi connectivity index (χ2v) is 11.1. The number of carbonyl (C=O) groups excluding carboxylic acids is 2. The van der Waals surface area contributed by atoms with Crippen LogP contribution in [0.5, 0.6) is 0 Å². The zero-order valence-electron chi connectivity index (χ0n) is 21.2. The number of hydrogen-bond donors (Lipinski definition) is 1. The Balaban J connectivity index is 1.99. The Morgan fingerprint density at radius 3 is 2.03 bits per heavy atom. The number of amides is 2. The van der Waals surface area contributed by atoms with Gasteiger partial charge in [0.25, 0.3) is 10.0 Å². The fourth-order valence-corrected chi connectivity index (χ4v) is 5.25. The first kappa shape index (κ1) is 28.2. The lowest BCUT2D eigenvalue weighted by Gasteiger charge is -2.32. The van der Waals surface area contributed by atoms with E-state index in [0.29, 0.717) is 5.02 Å². The molecule has 0 spiro atoms. The Kier molecular flexibility index (Phi) is 9.72. The van der Waals surface area contributed by atoms with E-state index in [1.54, 1.807) is 49.4 Å². The highest BCUT2D eigenvalue weighted by atomic mass is 35.5. The number of nitrogens with one attached hydrogen (secondary N) is 1. The van der Waals surface area contributed by atoms with Crippen molar-refractivity contribution in [2.45, 2.75) is 50.7 Å². The van der Waals surface area contributed by atoms with E-state index < -0.39 is 28.5 Å². The van der Waals surface area contributed by atoms with E-state index in [4.69, 9.17) is 11.6 Å². The van der Waals surface area contributed by atoms with Crippen LogP contribution in [0, 0.1) is 0 Å².